The molecule has 0 atom stereocenters. The third kappa shape index (κ3) is 3.62. The van der Waals surface area contributed by atoms with Crippen LogP contribution in [-0.2, 0) is 11.2 Å². The number of amides is 1. The van der Waals surface area contributed by atoms with Crippen LogP contribution in [0.5, 0.6) is 0 Å². The Morgan fingerprint density at radius 3 is 2.67 bits per heavy atom. The van der Waals surface area contributed by atoms with Crippen LogP contribution < -0.4 is 5.32 Å². The SMILES string of the molecule is Cc1nc(NC(=O)Cc2ccc(F)cc2)cc(C2CC2)n1. The average molecular weight is 285 g/mol. The van der Waals surface area contributed by atoms with Crippen molar-refractivity contribution in [3.63, 3.8) is 0 Å². The van der Waals surface area contributed by atoms with Gasteiger partial charge in [0.1, 0.15) is 17.5 Å². The molecule has 1 aliphatic rings. The predicted molar refractivity (Wildman–Crippen MR) is 77.5 cm³/mol. The van der Waals surface area contributed by atoms with Gasteiger partial charge in [0.15, 0.2) is 0 Å². The van der Waals surface area contributed by atoms with Gasteiger partial charge >= 0.3 is 0 Å². The molecule has 0 aliphatic heterocycles. The third-order valence-electron chi connectivity index (χ3n) is 3.40. The number of hydrogen-bond acceptors (Lipinski definition) is 3. The van der Waals surface area contributed by atoms with Gasteiger partial charge in [-0.1, -0.05) is 12.1 Å². The molecule has 0 bridgehead atoms. The molecule has 4 nitrogen and oxygen atoms in total. The maximum absolute atomic E-state index is 12.8. The summed E-state index contributed by atoms with van der Waals surface area (Å²) in [5.74, 6) is 1.24. The monoisotopic (exact) mass is 285 g/mol. The fourth-order valence-corrected chi connectivity index (χ4v) is 2.22. The lowest BCUT2D eigenvalue weighted by atomic mass is 10.1. The van der Waals surface area contributed by atoms with Gasteiger partial charge in [0.05, 0.1) is 6.42 Å². The van der Waals surface area contributed by atoms with E-state index in [1.54, 1.807) is 12.1 Å². The second-order valence-corrected chi connectivity index (χ2v) is 5.35. The quantitative estimate of drug-likeness (QED) is 0.939. The summed E-state index contributed by atoms with van der Waals surface area (Å²) in [5.41, 5.74) is 1.77. The second-order valence-electron chi connectivity index (χ2n) is 5.35. The Morgan fingerprint density at radius 2 is 2.00 bits per heavy atom. The first-order valence-electron chi connectivity index (χ1n) is 7.00. The number of anilines is 1. The number of carbonyl (C=O) groups excluding carboxylic acids is 1. The first kappa shape index (κ1) is 13.7. The van der Waals surface area contributed by atoms with E-state index in [2.05, 4.69) is 15.3 Å². The molecule has 1 fully saturated rings. The maximum atomic E-state index is 12.8. The molecule has 108 valence electrons. The van der Waals surface area contributed by atoms with E-state index < -0.39 is 0 Å². The molecule has 1 aliphatic carbocycles. The van der Waals surface area contributed by atoms with Crippen LogP contribution in [0.2, 0.25) is 0 Å². The summed E-state index contributed by atoms with van der Waals surface area (Å²) in [6.07, 6.45) is 2.50. The summed E-state index contributed by atoms with van der Waals surface area (Å²) in [6.45, 7) is 1.82. The molecule has 1 N–H and O–H groups in total. The molecule has 3 rings (SSSR count). The second kappa shape index (κ2) is 5.60. The number of nitrogens with one attached hydrogen (secondary N) is 1. The first-order valence-corrected chi connectivity index (χ1v) is 7.00. The fraction of sp³-hybridized carbons (Fsp3) is 0.312. The smallest absolute Gasteiger partial charge is 0.229 e. The lowest BCUT2D eigenvalue weighted by molar-refractivity contribution is -0.115. The van der Waals surface area contributed by atoms with Crippen LogP contribution in [0, 0.1) is 12.7 Å². The molecular weight excluding hydrogens is 269 g/mol. The van der Waals surface area contributed by atoms with Crippen molar-refractivity contribution < 1.29 is 9.18 Å². The number of halogens is 1. The highest BCUT2D eigenvalue weighted by Crippen LogP contribution is 2.39. The zero-order chi connectivity index (χ0) is 14.8. The minimum absolute atomic E-state index is 0.165. The summed E-state index contributed by atoms with van der Waals surface area (Å²) in [7, 11) is 0. The van der Waals surface area contributed by atoms with Gasteiger partial charge in [0.2, 0.25) is 5.91 Å². The van der Waals surface area contributed by atoms with E-state index in [0.717, 1.165) is 24.1 Å². The molecule has 1 aromatic heterocycles. The molecule has 2 aromatic rings. The Morgan fingerprint density at radius 1 is 1.29 bits per heavy atom. The van der Waals surface area contributed by atoms with Gasteiger partial charge in [0.25, 0.3) is 0 Å². The zero-order valence-corrected chi connectivity index (χ0v) is 11.8. The van der Waals surface area contributed by atoms with Crippen molar-refractivity contribution in [3.05, 3.63) is 53.2 Å². The van der Waals surface area contributed by atoms with E-state index in [-0.39, 0.29) is 18.1 Å². The standard InChI is InChI=1S/C16H16FN3O/c1-10-18-14(12-4-5-12)9-15(19-10)20-16(21)8-11-2-6-13(17)7-3-11/h2-3,6-7,9,12H,4-5,8H2,1H3,(H,18,19,20,21). The van der Waals surface area contributed by atoms with E-state index in [1.807, 2.05) is 13.0 Å². The molecule has 1 aromatic carbocycles. The van der Waals surface area contributed by atoms with E-state index in [0.29, 0.717) is 17.6 Å². The Kier molecular flexibility index (Phi) is 3.64. The van der Waals surface area contributed by atoms with E-state index >= 15 is 0 Å². The van der Waals surface area contributed by atoms with Crippen molar-refractivity contribution in [2.24, 2.45) is 0 Å². The Balaban J connectivity index is 1.68. The third-order valence-corrected chi connectivity index (χ3v) is 3.40. The summed E-state index contributed by atoms with van der Waals surface area (Å²) in [6, 6.07) is 7.75. The van der Waals surface area contributed by atoms with Crippen molar-refractivity contribution in [1.82, 2.24) is 9.97 Å². The van der Waals surface area contributed by atoms with Crippen molar-refractivity contribution in [2.75, 3.05) is 5.32 Å². The highest BCUT2D eigenvalue weighted by molar-refractivity contribution is 5.91. The number of aryl methyl sites for hydroxylation is 1. The minimum Gasteiger partial charge on any atom is -0.310 e. The van der Waals surface area contributed by atoms with Crippen LogP contribution in [-0.4, -0.2) is 15.9 Å². The molecule has 0 spiro atoms. The van der Waals surface area contributed by atoms with Gasteiger partial charge in [-0.05, 0) is 37.5 Å². The normalized spacial score (nSPS) is 14.0. The van der Waals surface area contributed by atoms with Crippen LogP contribution in [0.25, 0.3) is 0 Å². The van der Waals surface area contributed by atoms with Crippen LogP contribution in [0.4, 0.5) is 10.2 Å². The molecule has 1 heterocycles. The number of nitrogens with zero attached hydrogens (tertiary/aromatic N) is 2. The molecule has 5 heteroatoms. The predicted octanol–water partition coefficient (Wildman–Crippen LogP) is 2.98. The lowest BCUT2D eigenvalue weighted by Gasteiger charge is -2.07. The largest absolute Gasteiger partial charge is 0.310 e. The van der Waals surface area contributed by atoms with Gasteiger partial charge < -0.3 is 5.32 Å². The Hall–Kier alpha value is -2.30. The number of carbonyl (C=O) groups is 1. The zero-order valence-electron chi connectivity index (χ0n) is 11.8. The van der Waals surface area contributed by atoms with Gasteiger partial charge in [0, 0.05) is 17.7 Å². The number of hydrogen-bond donors (Lipinski definition) is 1. The Labute approximate surface area is 122 Å². The molecule has 0 saturated heterocycles. The van der Waals surface area contributed by atoms with Crippen LogP contribution in [0.3, 0.4) is 0 Å². The summed E-state index contributed by atoms with van der Waals surface area (Å²) < 4.78 is 12.8. The van der Waals surface area contributed by atoms with Crippen molar-refractivity contribution in [3.8, 4) is 0 Å². The van der Waals surface area contributed by atoms with E-state index in [4.69, 9.17) is 0 Å². The van der Waals surface area contributed by atoms with E-state index in [9.17, 15) is 9.18 Å². The average Bonchev–Trinajstić information content (AvgIpc) is 3.25. The Bertz CT molecular complexity index is 666. The van der Waals surface area contributed by atoms with Gasteiger partial charge in [-0.2, -0.15) is 0 Å². The van der Waals surface area contributed by atoms with Gasteiger partial charge in [-0.3, -0.25) is 4.79 Å². The molecule has 0 radical (unpaired) electrons. The topological polar surface area (TPSA) is 54.9 Å². The van der Waals surface area contributed by atoms with Gasteiger partial charge in [-0.15, -0.1) is 0 Å². The highest BCUT2D eigenvalue weighted by Gasteiger charge is 2.25. The van der Waals surface area contributed by atoms with Crippen LogP contribution in [0.1, 0.15) is 35.8 Å². The molecule has 1 saturated carbocycles. The number of rotatable bonds is 4. The number of benzene rings is 1. The summed E-state index contributed by atoms with van der Waals surface area (Å²) in [5, 5.41) is 2.79. The molecule has 21 heavy (non-hydrogen) atoms. The lowest BCUT2D eigenvalue weighted by Crippen LogP contribution is -2.16. The summed E-state index contributed by atoms with van der Waals surface area (Å²) in [4.78, 5) is 20.6. The van der Waals surface area contributed by atoms with Crippen LogP contribution >= 0.6 is 0 Å². The van der Waals surface area contributed by atoms with Crippen molar-refractivity contribution in [2.45, 2.75) is 32.1 Å². The highest BCUT2D eigenvalue weighted by atomic mass is 19.1. The minimum atomic E-state index is -0.306. The van der Waals surface area contributed by atoms with E-state index in [1.165, 1.54) is 12.1 Å². The van der Waals surface area contributed by atoms with Gasteiger partial charge in [-0.25, -0.2) is 14.4 Å². The first-order chi connectivity index (χ1) is 10.1. The maximum Gasteiger partial charge on any atom is 0.229 e. The van der Waals surface area contributed by atoms with Crippen LogP contribution in [0.15, 0.2) is 30.3 Å². The summed E-state index contributed by atoms with van der Waals surface area (Å²) >= 11 is 0. The molecule has 1 amide bonds. The fourth-order valence-electron chi connectivity index (χ4n) is 2.22. The molecular formula is C16H16FN3O. The van der Waals surface area contributed by atoms with Crippen molar-refractivity contribution in [1.29, 1.82) is 0 Å². The molecule has 0 unspecified atom stereocenters. The van der Waals surface area contributed by atoms with Crippen molar-refractivity contribution >= 4 is 11.7 Å². The number of aromatic nitrogens is 2.